The lowest BCUT2D eigenvalue weighted by atomic mass is 10.5. The molecule has 0 rings (SSSR count). The fourth-order valence-electron chi connectivity index (χ4n) is 1.01. The normalized spacial score (nSPS) is 10.9. The number of amides is 3. The van der Waals surface area contributed by atoms with Gasteiger partial charge < -0.3 is 14.7 Å². The van der Waals surface area contributed by atoms with E-state index in [0.717, 1.165) is 0 Å². The van der Waals surface area contributed by atoms with Crippen LogP contribution in [0, 0.1) is 0 Å². The maximum absolute atomic E-state index is 12.1. The van der Waals surface area contributed by atoms with Crippen molar-refractivity contribution in [1.29, 1.82) is 0 Å². The maximum atomic E-state index is 12.1. The Morgan fingerprint density at radius 1 is 1.26 bits per heavy atom. The molecule has 0 atom stereocenters. The molecule has 0 saturated heterocycles. The summed E-state index contributed by atoms with van der Waals surface area (Å²) in [4.78, 5) is 32.8. The number of carboxylic acids is 1. The number of halogens is 3. The smallest absolute Gasteiger partial charge is 0.406 e. The molecule has 0 aromatic rings. The van der Waals surface area contributed by atoms with Crippen LogP contribution in [0.3, 0.4) is 0 Å². The first kappa shape index (κ1) is 17.2. The zero-order valence-corrected chi connectivity index (χ0v) is 9.99. The van der Waals surface area contributed by atoms with Gasteiger partial charge in [-0.3, -0.25) is 10.1 Å². The second-order valence-electron chi connectivity index (χ2n) is 3.37. The highest BCUT2D eigenvalue weighted by atomic mass is 19.4. The molecule has 0 bridgehead atoms. The van der Waals surface area contributed by atoms with E-state index in [1.54, 1.807) is 5.32 Å². The predicted octanol–water partition coefficient (Wildman–Crippen LogP) is 0.208. The Hall–Kier alpha value is -1.84. The van der Waals surface area contributed by atoms with Gasteiger partial charge in [0.25, 0.3) is 5.91 Å². The Kier molecular flexibility index (Phi) is 6.83. The Morgan fingerprint density at radius 3 is 2.26 bits per heavy atom. The minimum atomic E-state index is -4.57. The number of nitrogens with zero attached hydrogens (tertiary/aromatic N) is 1. The molecule has 2 N–H and O–H groups in total. The van der Waals surface area contributed by atoms with E-state index in [-0.39, 0.29) is 6.54 Å². The van der Waals surface area contributed by atoms with E-state index in [0.29, 0.717) is 4.90 Å². The average molecular weight is 286 g/mol. The lowest BCUT2D eigenvalue weighted by molar-refractivity contribution is -0.144. The van der Waals surface area contributed by atoms with Crippen molar-refractivity contribution in [3.05, 3.63) is 0 Å². The number of hydrogen-bond donors (Lipinski definition) is 2. The van der Waals surface area contributed by atoms with E-state index in [1.807, 2.05) is 0 Å². The molecule has 0 saturated carbocycles. The quantitative estimate of drug-likeness (QED) is 0.727. The van der Waals surface area contributed by atoms with Crippen molar-refractivity contribution in [2.75, 3.05) is 26.3 Å². The molecule has 0 aromatic heterocycles. The molecule has 0 fully saturated rings. The number of urea groups is 1. The van der Waals surface area contributed by atoms with Crippen LogP contribution in [0.5, 0.6) is 0 Å². The molecule has 0 aromatic carbocycles. The standard InChI is InChI=1S/C9H13F3N2O5/c1-2-14(5-9(10,11)12)8(18)13-6(15)3-19-4-7(16)17/h2-5H2,1H3,(H,16,17)(H,13,15,18). The van der Waals surface area contributed by atoms with Crippen LogP contribution in [-0.4, -0.2) is 60.4 Å². The van der Waals surface area contributed by atoms with E-state index in [2.05, 4.69) is 4.74 Å². The van der Waals surface area contributed by atoms with Crippen molar-refractivity contribution in [2.45, 2.75) is 13.1 Å². The summed E-state index contributed by atoms with van der Waals surface area (Å²) in [5.74, 6) is -2.33. The number of imide groups is 1. The Morgan fingerprint density at radius 2 is 1.84 bits per heavy atom. The number of nitrogens with one attached hydrogen (secondary N) is 1. The van der Waals surface area contributed by atoms with Crippen molar-refractivity contribution in [3.63, 3.8) is 0 Å². The van der Waals surface area contributed by atoms with Crippen molar-refractivity contribution in [1.82, 2.24) is 10.2 Å². The first-order chi connectivity index (χ1) is 8.65. The third-order valence-corrected chi connectivity index (χ3v) is 1.74. The molecule has 10 heteroatoms. The number of carbonyl (C=O) groups is 3. The average Bonchev–Trinajstić information content (AvgIpc) is 2.23. The van der Waals surface area contributed by atoms with E-state index in [1.165, 1.54) is 6.92 Å². The van der Waals surface area contributed by atoms with Crippen LogP contribution in [0.2, 0.25) is 0 Å². The molecule has 3 amide bonds. The van der Waals surface area contributed by atoms with Gasteiger partial charge in [-0.2, -0.15) is 13.2 Å². The summed E-state index contributed by atoms with van der Waals surface area (Å²) in [7, 11) is 0. The van der Waals surface area contributed by atoms with Crippen LogP contribution in [0.25, 0.3) is 0 Å². The summed E-state index contributed by atoms with van der Waals surface area (Å²) < 4.78 is 40.6. The van der Waals surface area contributed by atoms with Gasteiger partial charge in [0.15, 0.2) is 0 Å². The van der Waals surface area contributed by atoms with Gasteiger partial charge in [0.05, 0.1) is 0 Å². The van der Waals surface area contributed by atoms with E-state index >= 15 is 0 Å². The number of hydrogen-bond acceptors (Lipinski definition) is 4. The molecule has 0 radical (unpaired) electrons. The fraction of sp³-hybridized carbons (Fsp3) is 0.667. The van der Waals surface area contributed by atoms with E-state index in [4.69, 9.17) is 5.11 Å². The zero-order chi connectivity index (χ0) is 15.1. The molecule has 0 unspecified atom stereocenters. The third-order valence-electron chi connectivity index (χ3n) is 1.74. The van der Waals surface area contributed by atoms with E-state index in [9.17, 15) is 27.6 Å². The molecular formula is C9H13F3N2O5. The van der Waals surface area contributed by atoms with Gasteiger partial charge in [0.1, 0.15) is 19.8 Å². The van der Waals surface area contributed by atoms with Gasteiger partial charge in [-0.05, 0) is 6.92 Å². The number of carbonyl (C=O) groups excluding carboxylic acids is 2. The molecule has 0 spiro atoms. The predicted molar refractivity (Wildman–Crippen MR) is 55.3 cm³/mol. The number of rotatable bonds is 6. The number of alkyl halides is 3. The lowest BCUT2D eigenvalue weighted by Gasteiger charge is -2.22. The minimum Gasteiger partial charge on any atom is -0.480 e. The summed E-state index contributed by atoms with van der Waals surface area (Å²) in [5, 5.41) is 9.86. The van der Waals surface area contributed by atoms with Gasteiger partial charge in [0.2, 0.25) is 0 Å². The number of carboxylic acid groups (broad SMARTS) is 1. The fourth-order valence-corrected chi connectivity index (χ4v) is 1.01. The van der Waals surface area contributed by atoms with Gasteiger partial charge in [0, 0.05) is 6.54 Å². The summed E-state index contributed by atoms with van der Waals surface area (Å²) in [6.45, 7) is -1.90. The largest absolute Gasteiger partial charge is 0.480 e. The third kappa shape index (κ3) is 8.83. The van der Waals surface area contributed by atoms with Crippen molar-refractivity contribution in [3.8, 4) is 0 Å². The Bertz CT molecular complexity index is 345. The minimum absolute atomic E-state index is 0.241. The summed E-state index contributed by atoms with van der Waals surface area (Å²) in [6, 6.07) is -1.22. The molecule has 0 aliphatic rings. The van der Waals surface area contributed by atoms with Gasteiger partial charge in [-0.15, -0.1) is 0 Å². The van der Waals surface area contributed by atoms with Crippen LogP contribution in [0.1, 0.15) is 6.92 Å². The summed E-state index contributed by atoms with van der Waals surface area (Å²) in [6.07, 6.45) is -4.57. The Labute approximate surface area is 106 Å². The van der Waals surface area contributed by atoms with E-state index < -0.39 is 43.8 Å². The van der Waals surface area contributed by atoms with Gasteiger partial charge in [-0.1, -0.05) is 0 Å². The van der Waals surface area contributed by atoms with Gasteiger partial charge in [-0.25, -0.2) is 9.59 Å². The number of aliphatic carboxylic acids is 1. The monoisotopic (exact) mass is 286 g/mol. The highest BCUT2D eigenvalue weighted by Gasteiger charge is 2.32. The van der Waals surface area contributed by atoms with Crippen LogP contribution >= 0.6 is 0 Å². The zero-order valence-electron chi connectivity index (χ0n) is 9.99. The lowest BCUT2D eigenvalue weighted by Crippen LogP contribution is -2.47. The summed E-state index contributed by atoms with van der Waals surface area (Å²) >= 11 is 0. The van der Waals surface area contributed by atoms with Crippen LogP contribution in [0.4, 0.5) is 18.0 Å². The highest BCUT2D eigenvalue weighted by molar-refractivity contribution is 5.95. The topological polar surface area (TPSA) is 95.9 Å². The van der Waals surface area contributed by atoms with Gasteiger partial charge >= 0.3 is 18.2 Å². The van der Waals surface area contributed by atoms with Crippen molar-refractivity contribution in [2.24, 2.45) is 0 Å². The molecular weight excluding hydrogens is 273 g/mol. The second kappa shape index (κ2) is 7.56. The van der Waals surface area contributed by atoms with Crippen molar-refractivity contribution >= 4 is 17.9 Å². The highest BCUT2D eigenvalue weighted by Crippen LogP contribution is 2.16. The molecule has 0 heterocycles. The van der Waals surface area contributed by atoms with Crippen LogP contribution in [0.15, 0.2) is 0 Å². The molecule has 0 aliphatic heterocycles. The summed E-state index contributed by atoms with van der Waals surface area (Å²) in [5.41, 5.74) is 0. The van der Waals surface area contributed by atoms with Crippen LogP contribution in [-0.2, 0) is 14.3 Å². The maximum Gasteiger partial charge on any atom is 0.406 e. The number of ether oxygens (including phenoxy) is 1. The van der Waals surface area contributed by atoms with Crippen molar-refractivity contribution < 1.29 is 37.4 Å². The molecule has 0 aliphatic carbocycles. The Balaban J connectivity index is 4.18. The van der Waals surface area contributed by atoms with Crippen LogP contribution < -0.4 is 5.32 Å². The molecule has 7 nitrogen and oxygen atoms in total. The first-order valence-corrected chi connectivity index (χ1v) is 5.10. The SMILES string of the molecule is CCN(CC(F)(F)F)C(=O)NC(=O)COCC(=O)O. The molecule has 19 heavy (non-hydrogen) atoms. The first-order valence-electron chi connectivity index (χ1n) is 5.10. The molecule has 110 valence electrons. The second-order valence-corrected chi connectivity index (χ2v) is 3.37.